The van der Waals surface area contributed by atoms with Crippen molar-refractivity contribution in [3.63, 3.8) is 0 Å². The third kappa shape index (κ3) is 7.51. The van der Waals surface area contributed by atoms with Crippen LogP contribution in [0.2, 0.25) is 0 Å². The molecule has 0 radical (unpaired) electrons. The van der Waals surface area contributed by atoms with Gasteiger partial charge in [0.2, 0.25) is 0 Å². The molecule has 0 aliphatic rings. The number of halogens is 3. The van der Waals surface area contributed by atoms with E-state index in [9.17, 15) is 13.2 Å². The molecule has 2 aromatic rings. The van der Waals surface area contributed by atoms with Crippen molar-refractivity contribution in [1.29, 1.82) is 0 Å². The van der Waals surface area contributed by atoms with Crippen LogP contribution in [0.3, 0.4) is 0 Å². The zero-order chi connectivity index (χ0) is 20.8. The van der Waals surface area contributed by atoms with Gasteiger partial charge in [-0.1, -0.05) is 26.8 Å². The fraction of sp³-hybridized carbons (Fsp3) is 0.389. The van der Waals surface area contributed by atoms with E-state index in [0.29, 0.717) is 0 Å². The number of aromatic nitrogens is 2. The van der Waals surface area contributed by atoms with Crippen LogP contribution in [0.1, 0.15) is 26.6 Å². The molecule has 0 amide bonds. The van der Waals surface area contributed by atoms with Crippen molar-refractivity contribution in [3.8, 4) is 0 Å². The van der Waals surface area contributed by atoms with Gasteiger partial charge in [0.25, 0.3) is 0 Å². The van der Waals surface area contributed by atoms with Gasteiger partial charge in [-0.25, -0.2) is 14.8 Å². The minimum Gasteiger partial charge on any atom is -0.475 e. The number of benzene rings is 1. The molecule has 1 aromatic carbocycles. The molecular weight excluding hydrogens is 361 g/mol. The fourth-order valence-electron chi connectivity index (χ4n) is 1.80. The molecule has 0 aliphatic carbocycles. The highest BCUT2D eigenvalue weighted by Crippen LogP contribution is 2.23. The molecule has 6 nitrogen and oxygen atoms in total. The van der Waals surface area contributed by atoms with Gasteiger partial charge >= 0.3 is 12.1 Å². The highest BCUT2D eigenvalue weighted by atomic mass is 19.4. The van der Waals surface area contributed by atoms with Crippen molar-refractivity contribution < 1.29 is 23.1 Å². The molecule has 0 spiro atoms. The second kappa shape index (κ2) is 8.70. The number of carbonyl (C=O) groups is 1. The van der Waals surface area contributed by atoms with Gasteiger partial charge in [0.1, 0.15) is 11.6 Å². The van der Waals surface area contributed by atoms with Crippen LogP contribution in [0.15, 0.2) is 36.5 Å². The summed E-state index contributed by atoms with van der Waals surface area (Å²) in [6.07, 6.45) is -3.29. The first-order valence-electron chi connectivity index (χ1n) is 7.99. The van der Waals surface area contributed by atoms with Gasteiger partial charge < -0.3 is 15.3 Å². The number of aliphatic carboxylic acids is 1. The summed E-state index contributed by atoms with van der Waals surface area (Å²) in [5.41, 5.74) is 2.12. The molecule has 27 heavy (non-hydrogen) atoms. The Bertz CT molecular complexity index is 772. The molecule has 1 aromatic heterocycles. The lowest BCUT2D eigenvalue weighted by atomic mass is 9.96. The van der Waals surface area contributed by atoms with Gasteiger partial charge in [-0.3, -0.25) is 0 Å². The van der Waals surface area contributed by atoms with Crippen molar-refractivity contribution in [2.75, 3.05) is 24.3 Å². The van der Waals surface area contributed by atoms with E-state index in [-0.39, 0.29) is 5.41 Å². The lowest BCUT2D eigenvalue weighted by Gasteiger charge is -2.18. The minimum atomic E-state index is -5.08. The van der Waals surface area contributed by atoms with Gasteiger partial charge in [-0.05, 0) is 24.3 Å². The summed E-state index contributed by atoms with van der Waals surface area (Å²) >= 11 is 0. The average Bonchev–Trinajstić information content (AvgIpc) is 2.54. The molecule has 0 saturated heterocycles. The van der Waals surface area contributed by atoms with Crippen LogP contribution >= 0.6 is 0 Å². The molecule has 0 aliphatic heterocycles. The third-order valence-electron chi connectivity index (χ3n) is 3.20. The normalized spacial score (nSPS) is 11.3. The van der Waals surface area contributed by atoms with Crippen molar-refractivity contribution >= 4 is 23.2 Å². The monoisotopic (exact) mass is 384 g/mol. The number of hydrogen-bond acceptors (Lipinski definition) is 5. The number of anilines is 3. The Morgan fingerprint density at radius 3 is 2.22 bits per heavy atom. The van der Waals surface area contributed by atoms with Crippen LogP contribution in [0.25, 0.3) is 0 Å². The highest BCUT2D eigenvalue weighted by molar-refractivity contribution is 5.73. The summed E-state index contributed by atoms with van der Waals surface area (Å²) in [5, 5.41) is 10.5. The van der Waals surface area contributed by atoms with E-state index in [4.69, 9.17) is 9.90 Å². The van der Waals surface area contributed by atoms with Gasteiger partial charge in [-0.2, -0.15) is 13.2 Å². The molecule has 0 saturated carbocycles. The second-order valence-corrected chi connectivity index (χ2v) is 6.89. The largest absolute Gasteiger partial charge is 0.490 e. The minimum absolute atomic E-state index is 0.0524. The predicted molar refractivity (Wildman–Crippen MR) is 98.5 cm³/mol. The molecule has 9 heteroatoms. The van der Waals surface area contributed by atoms with Crippen LogP contribution < -0.4 is 10.2 Å². The number of carboxylic acids is 1. The Morgan fingerprint density at radius 1 is 1.15 bits per heavy atom. The zero-order valence-corrected chi connectivity index (χ0v) is 15.8. The van der Waals surface area contributed by atoms with Crippen LogP contribution in [0.4, 0.5) is 30.4 Å². The summed E-state index contributed by atoms with van der Waals surface area (Å²) in [6.45, 7) is 6.33. The number of nitrogens with zero attached hydrogens (tertiary/aromatic N) is 3. The van der Waals surface area contributed by atoms with Crippen molar-refractivity contribution in [2.24, 2.45) is 0 Å². The summed E-state index contributed by atoms with van der Waals surface area (Å²) in [4.78, 5) is 19.9. The Labute approximate surface area is 156 Å². The predicted octanol–water partition coefficient (Wildman–Crippen LogP) is 4.22. The third-order valence-corrected chi connectivity index (χ3v) is 3.20. The zero-order valence-electron chi connectivity index (χ0n) is 15.8. The maximum atomic E-state index is 10.6. The number of carboxylic acid groups (broad SMARTS) is 1. The summed E-state index contributed by atoms with van der Waals surface area (Å²) in [5.74, 6) is -1.10. The molecule has 0 unspecified atom stereocenters. The molecule has 2 rings (SSSR count). The lowest BCUT2D eigenvalue weighted by Crippen LogP contribution is -2.21. The van der Waals surface area contributed by atoms with Crippen LogP contribution in [0, 0.1) is 0 Å². The van der Waals surface area contributed by atoms with E-state index in [2.05, 4.69) is 53.1 Å². The first-order chi connectivity index (χ1) is 12.3. The van der Waals surface area contributed by atoms with E-state index >= 15 is 0 Å². The van der Waals surface area contributed by atoms with Gasteiger partial charge in [0.05, 0.1) is 0 Å². The van der Waals surface area contributed by atoms with E-state index in [1.807, 2.05) is 32.3 Å². The summed E-state index contributed by atoms with van der Waals surface area (Å²) < 4.78 is 31.7. The first kappa shape index (κ1) is 22.2. The van der Waals surface area contributed by atoms with Crippen molar-refractivity contribution in [1.82, 2.24) is 9.97 Å². The van der Waals surface area contributed by atoms with Crippen LogP contribution in [-0.2, 0) is 10.2 Å². The van der Waals surface area contributed by atoms with Gasteiger partial charge in [0, 0.05) is 37.1 Å². The Balaban J connectivity index is 0.000000445. The number of nitrogens with one attached hydrogen (secondary N) is 1. The average molecular weight is 384 g/mol. The molecule has 1 heterocycles. The van der Waals surface area contributed by atoms with Crippen LogP contribution in [0.5, 0.6) is 0 Å². The summed E-state index contributed by atoms with van der Waals surface area (Å²) in [7, 11) is 4.06. The number of rotatable bonds is 3. The Hall–Kier alpha value is -2.84. The molecule has 2 N–H and O–H groups in total. The van der Waals surface area contributed by atoms with Crippen LogP contribution in [-0.4, -0.2) is 41.3 Å². The molecule has 0 fully saturated rings. The van der Waals surface area contributed by atoms with E-state index in [1.54, 1.807) is 6.20 Å². The smallest absolute Gasteiger partial charge is 0.475 e. The standard InChI is InChI=1S/C16H22N4.C2HF3O2/c1-16(2,3)15-17-10-9-14(19-15)18-12-7-6-8-13(11-12)20(4)5;3-2(4,5)1(6)7/h6-11H,1-5H3,(H,17,18,19);(H,6,7). The topological polar surface area (TPSA) is 78.3 Å². The number of hydrogen-bond donors (Lipinski definition) is 2. The van der Waals surface area contributed by atoms with Crippen molar-refractivity contribution in [3.05, 3.63) is 42.4 Å². The first-order valence-corrected chi connectivity index (χ1v) is 7.99. The van der Waals surface area contributed by atoms with Gasteiger partial charge in [0.15, 0.2) is 0 Å². The second-order valence-electron chi connectivity index (χ2n) is 6.89. The van der Waals surface area contributed by atoms with Gasteiger partial charge in [-0.15, -0.1) is 0 Å². The van der Waals surface area contributed by atoms with Crippen molar-refractivity contribution in [2.45, 2.75) is 32.4 Å². The molecule has 148 valence electrons. The lowest BCUT2D eigenvalue weighted by molar-refractivity contribution is -0.192. The SMILES string of the molecule is CN(C)c1cccc(Nc2ccnc(C(C)(C)C)n2)c1.O=C(O)C(F)(F)F. The highest BCUT2D eigenvalue weighted by Gasteiger charge is 2.38. The maximum absolute atomic E-state index is 10.6. The van der Waals surface area contributed by atoms with E-state index in [0.717, 1.165) is 23.0 Å². The molecule has 0 bridgehead atoms. The van der Waals surface area contributed by atoms with E-state index in [1.165, 1.54) is 0 Å². The quantitative estimate of drug-likeness (QED) is 0.825. The Morgan fingerprint density at radius 2 is 1.74 bits per heavy atom. The number of alkyl halides is 3. The summed E-state index contributed by atoms with van der Waals surface area (Å²) in [6, 6.07) is 10.1. The fourth-order valence-corrected chi connectivity index (χ4v) is 1.80. The Kier molecular flexibility index (Phi) is 7.15. The molecule has 0 atom stereocenters. The molecular formula is C18H23F3N4O2. The van der Waals surface area contributed by atoms with E-state index < -0.39 is 12.1 Å². The maximum Gasteiger partial charge on any atom is 0.490 e.